The molecule has 0 amide bonds. The summed E-state index contributed by atoms with van der Waals surface area (Å²) in [5.41, 5.74) is 2.63. The zero-order valence-electron chi connectivity index (χ0n) is 15.8. The van der Waals surface area contributed by atoms with E-state index in [4.69, 9.17) is 0 Å². The summed E-state index contributed by atoms with van der Waals surface area (Å²) < 4.78 is 0. The highest BCUT2D eigenvalue weighted by Crippen LogP contribution is 2.19. The minimum Gasteiger partial charge on any atom is -0.370 e. The maximum atomic E-state index is 4.29. The van der Waals surface area contributed by atoms with E-state index in [1.165, 1.54) is 35.6 Å². The van der Waals surface area contributed by atoms with Crippen LogP contribution in [0.4, 0.5) is 5.69 Å². The number of benzene rings is 1. The second-order valence-corrected chi connectivity index (χ2v) is 7.88. The molecular weight excluding hydrogens is 443 g/mol. The zero-order valence-corrected chi connectivity index (χ0v) is 18.9. The molecule has 1 saturated heterocycles. The molecule has 1 aliphatic heterocycles. The van der Waals surface area contributed by atoms with Gasteiger partial charge >= 0.3 is 0 Å². The van der Waals surface area contributed by atoms with Crippen LogP contribution in [-0.2, 0) is 6.54 Å². The Morgan fingerprint density at radius 3 is 2.44 bits per heavy atom. The number of hydrogen-bond acceptors (Lipinski definition) is 3. The van der Waals surface area contributed by atoms with Crippen LogP contribution in [0, 0.1) is 5.92 Å². The number of rotatable bonds is 7. The Kier molecular flexibility index (Phi) is 11.4. The molecule has 0 atom stereocenters. The lowest BCUT2D eigenvalue weighted by molar-refractivity contribution is 0.549. The van der Waals surface area contributed by atoms with Gasteiger partial charge in [0.05, 0.1) is 0 Å². The number of hydrogen-bond donors (Lipinski definition) is 2. The zero-order chi connectivity index (χ0) is 17.2. The predicted octanol–water partition coefficient (Wildman–Crippen LogP) is 3.96. The van der Waals surface area contributed by atoms with Crippen molar-refractivity contribution in [3.8, 4) is 0 Å². The van der Waals surface area contributed by atoms with E-state index in [0.29, 0.717) is 0 Å². The maximum absolute atomic E-state index is 4.29. The molecule has 25 heavy (non-hydrogen) atoms. The number of guanidine groups is 1. The lowest BCUT2D eigenvalue weighted by Gasteiger charge is -2.28. The second-order valence-electron chi connectivity index (χ2n) is 6.65. The van der Waals surface area contributed by atoms with Gasteiger partial charge in [-0.25, -0.2) is 0 Å². The van der Waals surface area contributed by atoms with Crippen molar-refractivity contribution in [2.45, 2.75) is 33.2 Å². The van der Waals surface area contributed by atoms with Gasteiger partial charge in [0.1, 0.15) is 0 Å². The molecule has 1 heterocycles. The fraction of sp³-hybridized carbons (Fsp3) is 0.632. The third-order valence-corrected chi connectivity index (χ3v) is 5.19. The lowest BCUT2D eigenvalue weighted by atomic mass is 10.1. The molecule has 142 valence electrons. The third kappa shape index (κ3) is 8.53. The SMILES string of the molecule is CN=C(NCCCC(C)C)NCc1ccc(N2CCSCC2)cc1.I. The van der Waals surface area contributed by atoms with Crippen molar-refractivity contribution in [1.29, 1.82) is 0 Å². The Hall–Kier alpha value is -0.630. The van der Waals surface area contributed by atoms with Gasteiger partial charge in [0.25, 0.3) is 0 Å². The molecule has 0 aromatic heterocycles. The fourth-order valence-corrected chi connectivity index (χ4v) is 3.67. The van der Waals surface area contributed by atoms with E-state index in [-0.39, 0.29) is 24.0 Å². The largest absolute Gasteiger partial charge is 0.370 e. The summed E-state index contributed by atoms with van der Waals surface area (Å²) in [6, 6.07) is 8.92. The molecule has 0 bridgehead atoms. The van der Waals surface area contributed by atoms with Crippen molar-refractivity contribution in [1.82, 2.24) is 10.6 Å². The summed E-state index contributed by atoms with van der Waals surface area (Å²) in [6.07, 6.45) is 2.43. The second kappa shape index (κ2) is 12.7. The van der Waals surface area contributed by atoms with Crippen molar-refractivity contribution in [2.75, 3.05) is 43.1 Å². The Morgan fingerprint density at radius 1 is 1.16 bits per heavy atom. The van der Waals surface area contributed by atoms with Crippen LogP contribution in [0.3, 0.4) is 0 Å². The van der Waals surface area contributed by atoms with Crippen molar-refractivity contribution >= 4 is 47.4 Å². The molecule has 2 N–H and O–H groups in total. The van der Waals surface area contributed by atoms with E-state index >= 15 is 0 Å². The maximum Gasteiger partial charge on any atom is 0.191 e. The van der Waals surface area contributed by atoms with Gasteiger partial charge in [0.15, 0.2) is 5.96 Å². The Bertz CT molecular complexity index is 499. The molecule has 1 aromatic rings. The molecule has 6 heteroatoms. The van der Waals surface area contributed by atoms with Gasteiger partial charge in [-0.05, 0) is 36.5 Å². The van der Waals surface area contributed by atoms with E-state index in [1.54, 1.807) is 0 Å². The average Bonchev–Trinajstić information content (AvgIpc) is 2.62. The van der Waals surface area contributed by atoms with Crippen molar-refractivity contribution < 1.29 is 0 Å². The highest BCUT2D eigenvalue weighted by Gasteiger charge is 2.10. The number of nitrogens with one attached hydrogen (secondary N) is 2. The van der Waals surface area contributed by atoms with Crippen molar-refractivity contribution in [2.24, 2.45) is 10.9 Å². The van der Waals surface area contributed by atoms with Crippen LogP contribution in [0.2, 0.25) is 0 Å². The predicted molar refractivity (Wildman–Crippen MR) is 124 cm³/mol. The highest BCUT2D eigenvalue weighted by molar-refractivity contribution is 14.0. The Labute approximate surface area is 174 Å². The molecule has 1 fully saturated rings. The van der Waals surface area contributed by atoms with Gasteiger partial charge in [-0.15, -0.1) is 24.0 Å². The van der Waals surface area contributed by atoms with Gasteiger partial charge in [-0.1, -0.05) is 26.0 Å². The van der Waals surface area contributed by atoms with Gasteiger partial charge in [-0.2, -0.15) is 11.8 Å². The third-order valence-electron chi connectivity index (χ3n) is 4.25. The van der Waals surface area contributed by atoms with Crippen LogP contribution in [-0.4, -0.2) is 44.1 Å². The van der Waals surface area contributed by atoms with Gasteiger partial charge in [0, 0.05) is 50.4 Å². The Balaban J connectivity index is 0.00000312. The van der Waals surface area contributed by atoms with Crippen LogP contribution >= 0.6 is 35.7 Å². The lowest BCUT2D eigenvalue weighted by Crippen LogP contribution is -2.37. The van der Waals surface area contributed by atoms with Gasteiger partial charge < -0.3 is 15.5 Å². The number of thioether (sulfide) groups is 1. The van der Waals surface area contributed by atoms with Gasteiger partial charge in [0.2, 0.25) is 0 Å². The monoisotopic (exact) mass is 476 g/mol. The first-order valence-electron chi connectivity index (χ1n) is 9.05. The van der Waals surface area contributed by atoms with Crippen LogP contribution in [0.1, 0.15) is 32.3 Å². The fourth-order valence-electron chi connectivity index (χ4n) is 2.77. The summed E-state index contributed by atoms with van der Waals surface area (Å²) >= 11 is 2.05. The molecule has 1 aliphatic rings. The number of halogens is 1. The van der Waals surface area contributed by atoms with Crippen LogP contribution in [0.25, 0.3) is 0 Å². The summed E-state index contributed by atoms with van der Waals surface area (Å²) in [7, 11) is 1.83. The summed E-state index contributed by atoms with van der Waals surface area (Å²) in [6.45, 7) is 8.63. The molecule has 0 spiro atoms. The van der Waals surface area contributed by atoms with Crippen molar-refractivity contribution in [3.05, 3.63) is 29.8 Å². The summed E-state index contributed by atoms with van der Waals surface area (Å²) in [5, 5.41) is 6.78. The minimum atomic E-state index is 0. The number of anilines is 1. The average molecular weight is 476 g/mol. The van der Waals surface area contributed by atoms with E-state index in [0.717, 1.165) is 38.1 Å². The van der Waals surface area contributed by atoms with E-state index in [2.05, 4.69) is 58.6 Å². The first-order chi connectivity index (χ1) is 11.7. The van der Waals surface area contributed by atoms with Crippen LogP contribution in [0.5, 0.6) is 0 Å². The van der Waals surface area contributed by atoms with E-state index in [1.807, 2.05) is 18.8 Å². The quantitative estimate of drug-likeness (QED) is 0.271. The first-order valence-corrected chi connectivity index (χ1v) is 10.2. The molecule has 2 rings (SSSR count). The topological polar surface area (TPSA) is 39.7 Å². The molecule has 0 aliphatic carbocycles. The standard InChI is InChI=1S/C19H32N4S.HI/c1-16(2)5-4-10-21-19(20-3)22-15-17-6-8-18(9-7-17)23-11-13-24-14-12-23;/h6-9,16H,4-5,10-15H2,1-3H3,(H2,20,21,22);1H. The molecule has 0 saturated carbocycles. The molecular formula is C19H33IN4S. The summed E-state index contributed by atoms with van der Waals surface area (Å²) in [5.74, 6) is 4.12. The highest BCUT2D eigenvalue weighted by atomic mass is 127. The Morgan fingerprint density at radius 2 is 1.84 bits per heavy atom. The molecule has 0 unspecified atom stereocenters. The van der Waals surface area contributed by atoms with Gasteiger partial charge in [-0.3, -0.25) is 4.99 Å². The van der Waals surface area contributed by atoms with E-state index in [9.17, 15) is 0 Å². The normalized spacial score (nSPS) is 15.0. The smallest absolute Gasteiger partial charge is 0.191 e. The van der Waals surface area contributed by atoms with Crippen molar-refractivity contribution in [3.63, 3.8) is 0 Å². The van der Waals surface area contributed by atoms with E-state index < -0.39 is 0 Å². The molecule has 4 nitrogen and oxygen atoms in total. The summed E-state index contributed by atoms with van der Waals surface area (Å²) in [4.78, 5) is 6.77. The van der Waals surface area contributed by atoms with Crippen LogP contribution < -0.4 is 15.5 Å². The first kappa shape index (κ1) is 22.4. The van der Waals surface area contributed by atoms with Crippen LogP contribution in [0.15, 0.2) is 29.3 Å². The minimum absolute atomic E-state index is 0. The molecule has 1 aromatic carbocycles. The number of nitrogens with zero attached hydrogens (tertiary/aromatic N) is 2. The number of aliphatic imine (C=N–C) groups is 1. The molecule has 0 radical (unpaired) electrons.